The molecule has 2 aromatic heterocycles. The topological polar surface area (TPSA) is 110 Å². The highest BCUT2D eigenvalue weighted by Crippen LogP contribution is 2.29. The number of carbonyl (C=O) groups is 2. The Morgan fingerprint density at radius 3 is 1.56 bits per heavy atom. The minimum atomic E-state index is -0.435. The van der Waals surface area contributed by atoms with Crippen molar-refractivity contribution in [3.63, 3.8) is 0 Å². The summed E-state index contributed by atoms with van der Waals surface area (Å²) in [4.78, 5) is 45.8. The standard InChI is InChI=1S/C41H43N7O2/c1-27(47(4)37(49)24-29-12-8-6-9-13-29)39-43-25-35(45-39)32-20-16-30(17-21-32)31-18-22-33(23-19-31)36-26-44-40(46-36)28(2)48(5)41(50)38(42-3)34-14-10-7-11-15-34/h6-23,25-28,38,42H,24H2,1-5H3,(H,43,45)(H,44,46)/t27-,28-,38+/m0/s1. The van der Waals surface area contributed by atoms with Gasteiger partial charge >= 0.3 is 0 Å². The van der Waals surface area contributed by atoms with Crippen molar-refractivity contribution in [2.45, 2.75) is 38.4 Å². The molecule has 9 nitrogen and oxygen atoms in total. The van der Waals surface area contributed by atoms with E-state index in [-0.39, 0.29) is 23.9 Å². The van der Waals surface area contributed by atoms with Gasteiger partial charge in [0.25, 0.3) is 0 Å². The number of nitrogens with zero attached hydrogens (tertiary/aromatic N) is 4. The van der Waals surface area contributed by atoms with Crippen LogP contribution in [0.4, 0.5) is 0 Å². The number of hydrogen-bond acceptors (Lipinski definition) is 5. The van der Waals surface area contributed by atoms with E-state index in [1.54, 1.807) is 16.8 Å². The molecule has 2 heterocycles. The highest BCUT2D eigenvalue weighted by Gasteiger charge is 2.27. The molecule has 0 radical (unpaired) electrons. The second-order valence-electron chi connectivity index (χ2n) is 12.6. The largest absolute Gasteiger partial charge is 0.340 e. The maximum atomic E-state index is 13.4. The number of amides is 2. The van der Waals surface area contributed by atoms with Gasteiger partial charge in [0.1, 0.15) is 17.7 Å². The summed E-state index contributed by atoms with van der Waals surface area (Å²) in [6.45, 7) is 3.96. The van der Waals surface area contributed by atoms with E-state index in [2.05, 4.69) is 73.8 Å². The van der Waals surface area contributed by atoms with Crippen LogP contribution in [-0.2, 0) is 16.0 Å². The SMILES string of the molecule is CN[C@@H](C(=O)N(C)[C@@H](C)c1ncc(-c2ccc(-c3ccc(-c4cnc([C@H](C)N(C)C(=O)Cc5ccccc5)[nH]4)cc3)cc2)[nH]1)c1ccccc1. The van der Waals surface area contributed by atoms with E-state index in [0.29, 0.717) is 6.42 Å². The van der Waals surface area contributed by atoms with Gasteiger partial charge in [-0.1, -0.05) is 109 Å². The summed E-state index contributed by atoms with van der Waals surface area (Å²) in [6, 6.07) is 35.3. The van der Waals surface area contributed by atoms with E-state index in [1.165, 1.54) is 0 Å². The van der Waals surface area contributed by atoms with Gasteiger partial charge in [0.2, 0.25) is 11.8 Å². The van der Waals surface area contributed by atoms with Crippen LogP contribution in [0, 0.1) is 0 Å². The molecule has 254 valence electrons. The maximum Gasteiger partial charge on any atom is 0.244 e. The normalized spacial score (nSPS) is 13.0. The van der Waals surface area contributed by atoms with Crippen LogP contribution >= 0.6 is 0 Å². The van der Waals surface area contributed by atoms with Crippen molar-refractivity contribution < 1.29 is 9.59 Å². The average molecular weight is 666 g/mol. The van der Waals surface area contributed by atoms with Crippen molar-refractivity contribution in [1.29, 1.82) is 0 Å². The monoisotopic (exact) mass is 665 g/mol. The molecule has 0 aliphatic rings. The molecule has 0 spiro atoms. The molecule has 6 aromatic rings. The Hall–Kier alpha value is -5.80. The Morgan fingerprint density at radius 1 is 0.640 bits per heavy atom. The van der Waals surface area contributed by atoms with Gasteiger partial charge in [0.05, 0.1) is 42.3 Å². The van der Waals surface area contributed by atoms with Crippen LogP contribution in [0.2, 0.25) is 0 Å². The second kappa shape index (κ2) is 15.2. The number of aromatic amines is 2. The van der Waals surface area contributed by atoms with Gasteiger partial charge in [-0.25, -0.2) is 9.97 Å². The van der Waals surface area contributed by atoms with Gasteiger partial charge in [-0.3, -0.25) is 9.59 Å². The lowest BCUT2D eigenvalue weighted by Gasteiger charge is -2.28. The Kier molecular flexibility index (Phi) is 10.3. The van der Waals surface area contributed by atoms with E-state index < -0.39 is 6.04 Å². The molecule has 3 N–H and O–H groups in total. The number of aromatic nitrogens is 4. The summed E-state index contributed by atoms with van der Waals surface area (Å²) in [5, 5.41) is 3.15. The lowest BCUT2D eigenvalue weighted by Crippen LogP contribution is -2.39. The van der Waals surface area contributed by atoms with Crippen LogP contribution in [0.3, 0.4) is 0 Å². The molecule has 0 bridgehead atoms. The molecule has 0 aliphatic heterocycles. The molecule has 0 fully saturated rings. The molecule has 2 amide bonds. The fourth-order valence-corrected chi connectivity index (χ4v) is 6.03. The summed E-state index contributed by atoms with van der Waals surface area (Å²) in [6.07, 6.45) is 3.99. The molecule has 9 heteroatoms. The summed E-state index contributed by atoms with van der Waals surface area (Å²) >= 11 is 0. The third-order valence-electron chi connectivity index (χ3n) is 9.48. The molecule has 0 aliphatic carbocycles. The number of hydrogen-bond donors (Lipinski definition) is 3. The minimum absolute atomic E-state index is 0.0272. The Balaban J connectivity index is 1.08. The zero-order valence-corrected chi connectivity index (χ0v) is 29.1. The van der Waals surface area contributed by atoms with Crippen molar-refractivity contribution in [3.05, 3.63) is 144 Å². The molecule has 0 saturated heterocycles. The first-order chi connectivity index (χ1) is 24.2. The summed E-state index contributed by atoms with van der Waals surface area (Å²) in [7, 11) is 5.42. The number of imidazole rings is 2. The van der Waals surface area contributed by atoms with Crippen LogP contribution < -0.4 is 5.32 Å². The Bertz CT molecular complexity index is 2020. The quantitative estimate of drug-likeness (QED) is 0.126. The Labute approximate surface area is 293 Å². The molecule has 3 atom stereocenters. The first-order valence-corrected chi connectivity index (χ1v) is 16.8. The van der Waals surface area contributed by atoms with Crippen LogP contribution in [0.25, 0.3) is 33.6 Å². The number of rotatable bonds is 12. The zero-order valence-electron chi connectivity index (χ0n) is 29.1. The van der Waals surface area contributed by atoms with Crippen molar-refractivity contribution in [2.75, 3.05) is 21.1 Å². The number of carbonyl (C=O) groups excluding carboxylic acids is 2. The number of likely N-dealkylation sites (N-methyl/N-ethyl adjacent to an activating group) is 3. The Morgan fingerprint density at radius 2 is 1.08 bits per heavy atom. The molecule has 0 unspecified atom stereocenters. The molecule has 0 saturated carbocycles. The predicted molar refractivity (Wildman–Crippen MR) is 198 cm³/mol. The second-order valence-corrected chi connectivity index (χ2v) is 12.6. The van der Waals surface area contributed by atoms with Crippen molar-refractivity contribution in [3.8, 4) is 33.6 Å². The maximum absolute atomic E-state index is 13.4. The molecular weight excluding hydrogens is 622 g/mol. The summed E-state index contributed by atoms with van der Waals surface area (Å²) in [5.74, 6) is 1.48. The highest BCUT2D eigenvalue weighted by molar-refractivity contribution is 5.83. The van der Waals surface area contributed by atoms with Crippen molar-refractivity contribution in [1.82, 2.24) is 35.1 Å². The third kappa shape index (κ3) is 7.43. The molecule has 50 heavy (non-hydrogen) atoms. The van der Waals surface area contributed by atoms with E-state index in [9.17, 15) is 9.59 Å². The van der Waals surface area contributed by atoms with Gasteiger partial charge in [0, 0.05) is 14.1 Å². The summed E-state index contributed by atoms with van der Waals surface area (Å²) < 4.78 is 0. The number of benzene rings is 4. The van der Waals surface area contributed by atoms with E-state index >= 15 is 0 Å². The zero-order chi connectivity index (χ0) is 35.2. The molecule has 4 aromatic carbocycles. The first kappa shape index (κ1) is 34.1. The fraction of sp³-hybridized carbons (Fsp3) is 0.220. The van der Waals surface area contributed by atoms with Crippen LogP contribution in [0.5, 0.6) is 0 Å². The number of nitrogens with one attached hydrogen (secondary N) is 3. The van der Waals surface area contributed by atoms with Crippen LogP contribution in [0.15, 0.2) is 122 Å². The minimum Gasteiger partial charge on any atom is -0.340 e. The lowest BCUT2D eigenvalue weighted by atomic mass is 10.0. The van der Waals surface area contributed by atoms with Crippen LogP contribution in [0.1, 0.15) is 54.7 Å². The van der Waals surface area contributed by atoms with E-state index in [1.807, 2.05) is 101 Å². The van der Waals surface area contributed by atoms with Crippen LogP contribution in [-0.4, -0.2) is 62.7 Å². The van der Waals surface area contributed by atoms with E-state index in [0.717, 1.165) is 56.4 Å². The predicted octanol–water partition coefficient (Wildman–Crippen LogP) is 7.38. The van der Waals surface area contributed by atoms with Gasteiger partial charge in [0.15, 0.2) is 0 Å². The van der Waals surface area contributed by atoms with Gasteiger partial charge in [-0.2, -0.15) is 0 Å². The third-order valence-corrected chi connectivity index (χ3v) is 9.48. The highest BCUT2D eigenvalue weighted by atomic mass is 16.2. The van der Waals surface area contributed by atoms with Gasteiger partial charge in [-0.05, 0) is 54.3 Å². The molecule has 6 rings (SSSR count). The van der Waals surface area contributed by atoms with Gasteiger partial charge in [-0.15, -0.1) is 0 Å². The van der Waals surface area contributed by atoms with Crippen molar-refractivity contribution in [2.24, 2.45) is 0 Å². The fourth-order valence-electron chi connectivity index (χ4n) is 6.03. The number of H-pyrrole nitrogens is 2. The smallest absolute Gasteiger partial charge is 0.244 e. The van der Waals surface area contributed by atoms with Crippen molar-refractivity contribution >= 4 is 11.8 Å². The lowest BCUT2D eigenvalue weighted by molar-refractivity contribution is -0.134. The van der Waals surface area contributed by atoms with E-state index in [4.69, 9.17) is 0 Å². The first-order valence-electron chi connectivity index (χ1n) is 16.8. The summed E-state index contributed by atoms with van der Waals surface area (Å²) in [5.41, 5.74) is 7.91. The molecular formula is C41H43N7O2. The van der Waals surface area contributed by atoms with Gasteiger partial charge < -0.3 is 25.1 Å². The average Bonchev–Trinajstić information content (AvgIpc) is 3.86.